The van der Waals surface area contributed by atoms with Crippen molar-refractivity contribution in [3.8, 4) is 0 Å². The Morgan fingerprint density at radius 3 is 2.77 bits per heavy atom. The number of aromatic carboxylic acids is 1. The molecule has 3 rings (SSSR count). The second-order valence-electron chi connectivity index (χ2n) is 4.64. The van der Waals surface area contributed by atoms with Crippen LogP contribution < -0.4 is 5.43 Å². The lowest BCUT2D eigenvalue weighted by atomic mass is 10.1. The molecule has 0 saturated heterocycles. The maximum Gasteiger partial charge on any atom is 0.337 e. The molecule has 1 heterocycles. The first-order valence-electron chi connectivity index (χ1n) is 6.71. The minimum Gasteiger partial charge on any atom is -0.478 e. The molecule has 2 N–H and O–H groups in total. The van der Waals surface area contributed by atoms with Crippen LogP contribution in [0.5, 0.6) is 0 Å². The number of nitrogens with one attached hydrogen (secondary N) is 1. The molecule has 0 spiro atoms. The van der Waals surface area contributed by atoms with Gasteiger partial charge in [0.15, 0.2) is 0 Å². The third-order valence-electron chi connectivity index (χ3n) is 3.21. The van der Waals surface area contributed by atoms with Crippen LogP contribution >= 0.6 is 0 Å². The highest BCUT2D eigenvalue weighted by molar-refractivity contribution is 5.98. The zero-order valence-corrected chi connectivity index (χ0v) is 11.6. The number of hydrogen-bond acceptors (Lipinski definition) is 4. The summed E-state index contributed by atoms with van der Waals surface area (Å²) in [5.41, 5.74) is 5.10. The van der Waals surface area contributed by atoms with Gasteiger partial charge in [0.1, 0.15) is 0 Å². The number of hydrogen-bond donors (Lipinski definition) is 2. The molecule has 0 atom stereocenters. The predicted molar refractivity (Wildman–Crippen MR) is 86.4 cm³/mol. The van der Waals surface area contributed by atoms with E-state index in [0.717, 1.165) is 16.5 Å². The third-order valence-corrected chi connectivity index (χ3v) is 3.21. The number of aromatic nitrogens is 1. The largest absolute Gasteiger partial charge is 0.478 e. The highest BCUT2D eigenvalue weighted by Crippen LogP contribution is 2.16. The van der Waals surface area contributed by atoms with E-state index in [1.165, 1.54) is 6.07 Å². The number of anilines is 1. The van der Waals surface area contributed by atoms with Crippen LogP contribution in [0.15, 0.2) is 65.9 Å². The van der Waals surface area contributed by atoms with Gasteiger partial charge in [-0.1, -0.05) is 36.4 Å². The molecule has 1 aromatic heterocycles. The zero-order valence-electron chi connectivity index (χ0n) is 11.6. The second-order valence-corrected chi connectivity index (χ2v) is 4.64. The van der Waals surface area contributed by atoms with Gasteiger partial charge in [0, 0.05) is 17.1 Å². The number of pyridine rings is 1. The fraction of sp³-hybridized carbons (Fsp3) is 0. The van der Waals surface area contributed by atoms with E-state index in [-0.39, 0.29) is 5.56 Å². The third kappa shape index (κ3) is 2.78. The standard InChI is InChI=1S/C17H13N3O2/c21-17(22)14-8-1-2-9-15(14)20-19-11-13-6-3-5-12-7-4-10-18-16(12)13/h1-11,20H,(H,21,22). The molecule has 2 aromatic carbocycles. The summed E-state index contributed by atoms with van der Waals surface area (Å²) in [6.45, 7) is 0. The highest BCUT2D eigenvalue weighted by atomic mass is 16.4. The van der Waals surface area contributed by atoms with Crippen molar-refractivity contribution in [2.45, 2.75) is 0 Å². The van der Waals surface area contributed by atoms with Gasteiger partial charge in [-0.25, -0.2) is 4.79 Å². The Morgan fingerprint density at radius 2 is 1.91 bits per heavy atom. The smallest absolute Gasteiger partial charge is 0.337 e. The van der Waals surface area contributed by atoms with Crippen molar-refractivity contribution in [1.82, 2.24) is 4.98 Å². The van der Waals surface area contributed by atoms with Gasteiger partial charge in [-0.2, -0.15) is 5.10 Å². The molecule has 0 bridgehead atoms. The molecular weight excluding hydrogens is 278 g/mol. The lowest BCUT2D eigenvalue weighted by Crippen LogP contribution is -2.02. The minimum absolute atomic E-state index is 0.177. The second kappa shape index (κ2) is 6.05. The Balaban J connectivity index is 1.87. The maximum absolute atomic E-state index is 11.1. The van der Waals surface area contributed by atoms with Crippen molar-refractivity contribution in [1.29, 1.82) is 0 Å². The molecule has 3 aromatic rings. The first-order valence-corrected chi connectivity index (χ1v) is 6.71. The first kappa shape index (κ1) is 13.8. The fourth-order valence-corrected chi connectivity index (χ4v) is 2.17. The molecule has 0 aliphatic carbocycles. The predicted octanol–water partition coefficient (Wildman–Crippen LogP) is 3.38. The molecule has 5 nitrogen and oxygen atoms in total. The van der Waals surface area contributed by atoms with Gasteiger partial charge in [0.25, 0.3) is 0 Å². The highest BCUT2D eigenvalue weighted by Gasteiger charge is 2.07. The van der Waals surface area contributed by atoms with Gasteiger partial charge >= 0.3 is 5.97 Å². The van der Waals surface area contributed by atoms with Crippen molar-refractivity contribution < 1.29 is 9.90 Å². The topological polar surface area (TPSA) is 74.6 Å². The van der Waals surface area contributed by atoms with Gasteiger partial charge in [0.2, 0.25) is 0 Å². The zero-order chi connectivity index (χ0) is 15.4. The Bertz CT molecular complexity index is 854. The Kier molecular flexibility index (Phi) is 3.78. The maximum atomic E-state index is 11.1. The summed E-state index contributed by atoms with van der Waals surface area (Å²) in [5, 5.41) is 14.3. The number of para-hydroxylation sites is 2. The van der Waals surface area contributed by atoms with Crippen LogP contribution in [0.1, 0.15) is 15.9 Å². The summed E-state index contributed by atoms with van der Waals surface area (Å²) in [6.07, 6.45) is 3.36. The SMILES string of the molecule is O=C(O)c1ccccc1NN=Cc1cccc2cccnc12. The van der Waals surface area contributed by atoms with Crippen LogP contribution in [0.4, 0.5) is 5.69 Å². The van der Waals surface area contributed by atoms with Crippen molar-refractivity contribution >= 4 is 28.8 Å². The van der Waals surface area contributed by atoms with Crippen molar-refractivity contribution in [2.24, 2.45) is 5.10 Å². The van der Waals surface area contributed by atoms with E-state index in [1.54, 1.807) is 30.6 Å². The summed E-state index contributed by atoms with van der Waals surface area (Å²) in [6, 6.07) is 16.3. The van der Waals surface area contributed by atoms with Crippen LogP contribution in [0.3, 0.4) is 0 Å². The number of hydrazone groups is 1. The molecule has 0 fully saturated rings. The first-order chi connectivity index (χ1) is 10.8. The number of carboxylic acids is 1. The van der Waals surface area contributed by atoms with Crippen LogP contribution in [0.25, 0.3) is 10.9 Å². The van der Waals surface area contributed by atoms with Crippen LogP contribution in [0.2, 0.25) is 0 Å². The molecule has 0 aliphatic rings. The van der Waals surface area contributed by atoms with Gasteiger partial charge in [-0.05, 0) is 18.2 Å². The van der Waals surface area contributed by atoms with E-state index in [0.29, 0.717) is 5.69 Å². The number of fused-ring (bicyclic) bond motifs is 1. The monoisotopic (exact) mass is 291 g/mol. The Morgan fingerprint density at radius 1 is 1.09 bits per heavy atom. The van der Waals surface area contributed by atoms with Gasteiger partial charge < -0.3 is 5.11 Å². The van der Waals surface area contributed by atoms with Crippen LogP contribution in [-0.2, 0) is 0 Å². The number of benzene rings is 2. The van der Waals surface area contributed by atoms with E-state index >= 15 is 0 Å². The molecule has 5 heteroatoms. The van der Waals surface area contributed by atoms with Crippen molar-refractivity contribution in [3.05, 3.63) is 71.9 Å². The summed E-state index contributed by atoms with van der Waals surface area (Å²) in [7, 11) is 0. The number of carboxylic acid groups (broad SMARTS) is 1. The Hall–Kier alpha value is -3.21. The van der Waals surface area contributed by atoms with Gasteiger partial charge in [-0.3, -0.25) is 10.4 Å². The fourth-order valence-electron chi connectivity index (χ4n) is 2.17. The van der Waals surface area contributed by atoms with Gasteiger partial charge in [-0.15, -0.1) is 0 Å². The Labute approximate surface area is 126 Å². The summed E-state index contributed by atoms with van der Waals surface area (Å²) < 4.78 is 0. The normalized spacial score (nSPS) is 10.9. The number of nitrogens with zero attached hydrogens (tertiary/aromatic N) is 2. The quantitative estimate of drug-likeness (QED) is 0.571. The van der Waals surface area contributed by atoms with Crippen molar-refractivity contribution in [3.63, 3.8) is 0 Å². The molecule has 0 saturated carbocycles. The summed E-state index contributed by atoms with van der Waals surface area (Å²) >= 11 is 0. The van der Waals surface area contributed by atoms with E-state index in [4.69, 9.17) is 5.11 Å². The lowest BCUT2D eigenvalue weighted by molar-refractivity contribution is 0.0698. The number of rotatable bonds is 4. The molecular formula is C17H13N3O2. The van der Waals surface area contributed by atoms with Crippen molar-refractivity contribution in [2.75, 3.05) is 5.43 Å². The summed E-state index contributed by atoms with van der Waals surface area (Å²) in [4.78, 5) is 15.5. The molecule has 0 amide bonds. The van der Waals surface area contributed by atoms with Crippen LogP contribution in [0, 0.1) is 0 Å². The minimum atomic E-state index is -0.995. The molecule has 0 aliphatic heterocycles. The molecule has 22 heavy (non-hydrogen) atoms. The van der Waals surface area contributed by atoms with E-state index < -0.39 is 5.97 Å². The van der Waals surface area contributed by atoms with Gasteiger partial charge in [0.05, 0.1) is 23.0 Å². The molecule has 108 valence electrons. The van der Waals surface area contributed by atoms with Crippen LogP contribution in [-0.4, -0.2) is 22.3 Å². The van der Waals surface area contributed by atoms with E-state index in [1.807, 2.05) is 30.3 Å². The average molecular weight is 291 g/mol. The molecule has 0 unspecified atom stereocenters. The van der Waals surface area contributed by atoms with E-state index in [9.17, 15) is 4.79 Å². The van der Waals surface area contributed by atoms with E-state index in [2.05, 4.69) is 15.5 Å². The average Bonchev–Trinajstić information content (AvgIpc) is 2.55. The lowest BCUT2D eigenvalue weighted by Gasteiger charge is -2.04. The molecule has 0 radical (unpaired) electrons. The summed E-state index contributed by atoms with van der Waals surface area (Å²) in [5.74, 6) is -0.995. The number of carbonyl (C=O) groups is 1.